The molecular formula is CCuMgO4. The van der Waals surface area contributed by atoms with E-state index in [0.29, 0.717) is 0 Å². The molecule has 4 nitrogen and oxygen atoms in total. The van der Waals surface area contributed by atoms with Gasteiger partial charge in [0.05, 0.1) is 0 Å². The Kier molecular flexibility index (Phi) is 36.2. The molecule has 0 atom stereocenters. The van der Waals surface area contributed by atoms with E-state index in [-0.39, 0.29) is 23.1 Å². The molecule has 0 aromatic carbocycles. The fourth-order valence-corrected chi connectivity index (χ4v) is 0. The van der Waals surface area contributed by atoms with Crippen molar-refractivity contribution >= 4 is 29.2 Å². The maximum absolute atomic E-state index is 8.33. The van der Waals surface area contributed by atoms with Crippen LogP contribution in [0.1, 0.15) is 0 Å². The first-order valence-electron chi connectivity index (χ1n) is 0.735. The van der Waals surface area contributed by atoms with Gasteiger partial charge in [0, 0.05) is 0 Å². The van der Waals surface area contributed by atoms with E-state index in [9.17, 15) is 0 Å². The fourth-order valence-electron chi connectivity index (χ4n) is 0. The Labute approximate surface area is 64.1 Å². The third kappa shape index (κ3) is 953. The molecule has 6 heteroatoms. The summed E-state index contributed by atoms with van der Waals surface area (Å²) in [4.78, 5) is 8.33. The van der Waals surface area contributed by atoms with Crippen LogP contribution in [0.2, 0.25) is 0 Å². The zero-order valence-electron chi connectivity index (χ0n) is 3.14. The van der Waals surface area contributed by atoms with Gasteiger partial charge in [-0.05, 0) is 6.16 Å². The minimum absolute atomic E-state index is 0. The summed E-state index contributed by atoms with van der Waals surface area (Å²) in [5.74, 6) is 0. The first-order chi connectivity index (χ1) is 2.73. The van der Waals surface area contributed by atoms with Gasteiger partial charge >= 0.3 is 42.8 Å². The van der Waals surface area contributed by atoms with Gasteiger partial charge in [-0.25, -0.2) is 0 Å². The van der Waals surface area contributed by atoms with E-state index in [1.54, 1.807) is 0 Å². The van der Waals surface area contributed by atoms with Crippen molar-refractivity contribution < 1.29 is 34.8 Å². The third-order valence-corrected chi connectivity index (χ3v) is 0. The van der Waals surface area contributed by atoms with E-state index in [4.69, 9.17) is 18.8 Å². The van der Waals surface area contributed by atoms with Crippen LogP contribution >= 0.6 is 0 Å². The van der Waals surface area contributed by atoms with Gasteiger partial charge in [0.15, 0.2) is 0 Å². The van der Waals surface area contributed by atoms with Crippen LogP contribution in [0, 0.1) is 0 Å². The van der Waals surface area contributed by atoms with E-state index in [1.165, 1.54) is 0 Å². The molecule has 0 aliphatic heterocycles. The first-order valence-corrected chi connectivity index (χ1v) is 1.12. The normalized spacial score (nSPS) is 4.29. The van der Waals surface area contributed by atoms with Crippen LogP contribution in [-0.2, 0) is 19.8 Å². The Bertz CT molecular complexity index is 43.0. The molecule has 0 heterocycles. The summed E-state index contributed by atoms with van der Waals surface area (Å²) in [5, 5.41) is 16.7. The summed E-state index contributed by atoms with van der Waals surface area (Å²) in [6, 6.07) is 0. The van der Waals surface area contributed by atoms with Crippen molar-refractivity contribution in [2.24, 2.45) is 0 Å². The number of rotatable bonds is 0. The van der Waals surface area contributed by atoms with Crippen molar-refractivity contribution in [3.05, 3.63) is 0 Å². The third-order valence-electron chi connectivity index (χ3n) is 0. The zero-order valence-corrected chi connectivity index (χ0v) is 5.50. The second kappa shape index (κ2) is 16.2. The predicted molar refractivity (Wildman–Crippen MR) is 11.8 cm³/mol. The Morgan fingerprint density at radius 2 is 1.29 bits per heavy atom. The molecule has 0 aliphatic rings. The quantitative estimate of drug-likeness (QED) is 0.358. The van der Waals surface area contributed by atoms with Crippen LogP contribution in [0.5, 0.6) is 0 Å². The molecule has 41 valence electrons. The van der Waals surface area contributed by atoms with E-state index >= 15 is 0 Å². The fraction of sp³-hybridized carbons (Fsp3) is 0. The molecule has 0 saturated carbocycles. The van der Waals surface area contributed by atoms with Gasteiger partial charge < -0.3 is 15.0 Å². The van der Waals surface area contributed by atoms with Crippen molar-refractivity contribution in [1.82, 2.24) is 0 Å². The van der Waals surface area contributed by atoms with Crippen LogP contribution in [0.15, 0.2) is 0 Å². The maximum atomic E-state index is 8.33. The number of hydrogen-bond acceptors (Lipinski definition) is 4. The first kappa shape index (κ1) is 15.7. The molecule has 0 spiro atoms. The van der Waals surface area contributed by atoms with Crippen LogP contribution < -0.4 is 10.2 Å². The molecule has 0 N–H and O–H groups in total. The molecule has 0 radical (unpaired) electrons. The molecule has 0 rings (SSSR count). The van der Waals surface area contributed by atoms with E-state index < -0.39 is 6.16 Å². The van der Waals surface area contributed by atoms with Crippen LogP contribution in [0.4, 0.5) is 4.79 Å². The van der Waals surface area contributed by atoms with Gasteiger partial charge in [0.25, 0.3) is 0 Å². The predicted octanol–water partition coefficient (Wildman–Crippen LogP) is -2.95. The molecular weight excluding hydrogens is 164 g/mol. The van der Waals surface area contributed by atoms with Crippen molar-refractivity contribution in [2.45, 2.75) is 0 Å². The summed E-state index contributed by atoms with van der Waals surface area (Å²) in [7, 11) is 0. The summed E-state index contributed by atoms with van der Waals surface area (Å²) in [6.45, 7) is 0. The van der Waals surface area contributed by atoms with Crippen LogP contribution in [0.25, 0.3) is 0 Å². The Hall–Kier alpha value is 0.356. The van der Waals surface area contributed by atoms with Gasteiger partial charge in [0.1, 0.15) is 0 Å². The molecule has 0 unspecified atom stereocenters. The number of hydrogen-bond donors (Lipinski definition) is 0. The van der Waals surface area contributed by atoms with Gasteiger partial charge in [-0.1, -0.05) is 0 Å². The summed E-state index contributed by atoms with van der Waals surface area (Å²) in [6.07, 6.45) is -2.33. The molecule has 0 aromatic heterocycles. The standard InChI is InChI=1S/CH2O3.Cu.Mg.O/c2-1(3)4;;;/h(H2,2,3,4);;;/q;;+2;/p-2. The molecule has 0 aliphatic carbocycles. The number of carbonyl (C=O) groups excluding carboxylic acids is 1. The van der Waals surface area contributed by atoms with Crippen molar-refractivity contribution in [3.8, 4) is 0 Å². The van der Waals surface area contributed by atoms with E-state index in [0.717, 1.165) is 0 Å². The SMILES string of the molecule is O=C([O-])[O-].[Mg+2].[O]=[Cu]. The molecule has 7 heavy (non-hydrogen) atoms. The summed E-state index contributed by atoms with van der Waals surface area (Å²) in [5.41, 5.74) is 0. The Morgan fingerprint density at radius 1 is 1.29 bits per heavy atom. The average Bonchev–Trinajstić information content (AvgIpc) is 1.41. The molecule has 0 amide bonds. The topological polar surface area (TPSA) is 80.3 Å². The van der Waals surface area contributed by atoms with Crippen molar-refractivity contribution in [3.63, 3.8) is 0 Å². The average molecular weight is 164 g/mol. The zero-order chi connectivity index (χ0) is 5.58. The Morgan fingerprint density at radius 3 is 1.29 bits per heavy atom. The van der Waals surface area contributed by atoms with Crippen molar-refractivity contribution in [2.75, 3.05) is 0 Å². The molecule has 0 fully saturated rings. The van der Waals surface area contributed by atoms with Gasteiger partial charge in [-0.3, -0.25) is 0 Å². The van der Waals surface area contributed by atoms with Gasteiger partial charge in [-0.15, -0.1) is 0 Å². The van der Waals surface area contributed by atoms with Crippen LogP contribution in [-0.4, -0.2) is 29.2 Å². The molecule has 0 bridgehead atoms. The van der Waals surface area contributed by atoms with Crippen LogP contribution in [0.3, 0.4) is 0 Å². The summed E-state index contributed by atoms with van der Waals surface area (Å²) >= 11 is 2.94. The minimum atomic E-state index is -2.33. The van der Waals surface area contributed by atoms with E-state index in [1.807, 2.05) is 0 Å². The van der Waals surface area contributed by atoms with Gasteiger partial charge in [0.2, 0.25) is 0 Å². The summed E-state index contributed by atoms with van der Waals surface area (Å²) < 4.78 is 7.81. The number of carboxylic acid groups (broad SMARTS) is 2. The number of carbonyl (C=O) groups is 1. The molecule has 0 aromatic rings. The van der Waals surface area contributed by atoms with Gasteiger partial charge in [-0.2, -0.15) is 0 Å². The van der Waals surface area contributed by atoms with E-state index in [2.05, 4.69) is 15.9 Å². The second-order valence-corrected chi connectivity index (χ2v) is 0.250. The second-order valence-electron chi connectivity index (χ2n) is 0.250. The Balaban J connectivity index is -0.0000000480. The molecule has 0 saturated heterocycles. The van der Waals surface area contributed by atoms with Crippen molar-refractivity contribution in [1.29, 1.82) is 0 Å². The monoisotopic (exact) mass is 163 g/mol.